The third-order valence-electron chi connectivity index (χ3n) is 7.39. The van der Waals surface area contributed by atoms with Gasteiger partial charge in [-0.05, 0) is 43.6 Å². The molecule has 0 aromatic carbocycles. The number of aliphatic hydroxyl groups is 1. The van der Waals surface area contributed by atoms with Crippen molar-refractivity contribution in [3.05, 3.63) is 24.2 Å². The Morgan fingerprint density at radius 1 is 1.16 bits per heavy atom. The van der Waals surface area contributed by atoms with Gasteiger partial charge >= 0.3 is 0 Å². The highest BCUT2D eigenvalue weighted by molar-refractivity contribution is 7.99. The van der Waals surface area contributed by atoms with Crippen molar-refractivity contribution in [1.82, 2.24) is 15.0 Å². The Morgan fingerprint density at radius 3 is 2.88 bits per heavy atom. The normalized spacial score (nSPS) is 23.8. The van der Waals surface area contributed by atoms with E-state index in [0.717, 1.165) is 85.8 Å². The summed E-state index contributed by atoms with van der Waals surface area (Å²) in [5, 5.41) is 10.8. The monoisotopic (exact) mass is 455 g/mol. The van der Waals surface area contributed by atoms with Crippen molar-refractivity contribution in [2.75, 3.05) is 49.3 Å². The maximum atomic E-state index is 10.0. The molecule has 4 aliphatic heterocycles. The number of anilines is 2. The van der Waals surface area contributed by atoms with Gasteiger partial charge in [0.05, 0.1) is 30.3 Å². The predicted octanol–water partition coefficient (Wildman–Crippen LogP) is 2.88. The highest BCUT2D eigenvalue weighted by Crippen LogP contribution is 2.44. The van der Waals surface area contributed by atoms with E-state index in [1.54, 1.807) is 0 Å². The van der Waals surface area contributed by atoms with E-state index >= 15 is 0 Å². The van der Waals surface area contributed by atoms with Crippen LogP contribution < -0.4 is 14.5 Å². The van der Waals surface area contributed by atoms with Crippen molar-refractivity contribution < 1.29 is 14.6 Å². The van der Waals surface area contributed by atoms with E-state index in [1.807, 2.05) is 18.5 Å². The van der Waals surface area contributed by atoms with Crippen LogP contribution in [0.5, 0.6) is 5.75 Å². The van der Waals surface area contributed by atoms with Gasteiger partial charge in [-0.15, -0.1) is 0 Å². The summed E-state index contributed by atoms with van der Waals surface area (Å²) in [5.74, 6) is 2.58. The van der Waals surface area contributed by atoms with Crippen LogP contribution >= 0.6 is 11.8 Å². The number of rotatable bonds is 4. The Kier molecular flexibility index (Phi) is 5.35. The van der Waals surface area contributed by atoms with E-state index < -0.39 is 0 Å². The number of ether oxygens (including phenoxy) is 2. The lowest BCUT2D eigenvalue weighted by Crippen LogP contribution is -2.41. The largest absolute Gasteiger partial charge is 0.486 e. The number of aromatic nitrogens is 3. The maximum absolute atomic E-state index is 10.0. The number of hydrogen-bond acceptors (Lipinski definition) is 9. The molecule has 6 heterocycles. The minimum absolute atomic E-state index is 0.123. The summed E-state index contributed by atoms with van der Waals surface area (Å²) in [6.07, 6.45) is 9.38. The molecule has 6 rings (SSSR count). The Hall–Kier alpha value is -2.10. The van der Waals surface area contributed by atoms with Gasteiger partial charge in [-0.1, -0.05) is 11.8 Å². The van der Waals surface area contributed by atoms with Crippen LogP contribution in [-0.2, 0) is 11.3 Å². The lowest BCUT2D eigenvalue weighted by Gasteiger charge is -2.39. The Bertz CT molecular complexity index is 990. The molecule has 1 spiro atoms. The molecule has 8 nitrogen and oxygen atoms in total. The van der Waals surface area contributed by atoms with E-state index in [0.29, 0.717) is 23.8 Å². The molecule has 1 unspecified atom stereocenters. The fourth-order valence-corrected chi connectivity index (χ4v) is 6.34. The SMILES string of the molecule is OCc1nc(Sc2ccnc3c2OCC2CCCN32)cnc1N1CCC2(CCOC2)CC1. The van der Waals surface area contributed by atoms with E-state index in [2.05, 4.69) is 14.8 Å². The van der Waals surface area contributed by atoms with E-state index in [9.17, 15) is 5.11 Å². The topological polar surface area (TPSA) is 83.8 Å². The summed E-state index contributed by atoms with van der Waals surface area (Å²) < 4.78 is 11.8. The quantitative estimate of drug-likeness (QED) is 0.748. The zero-order chi connectivity index (χ0) is 21.5. The van der Waals surface area contributed by atoms with E-state index in [1.165, 1.54) is 18.2 Å². The van der Waals surface area contributed by atoms with Crippen LogP contribution in [0.4, 0.5) is 11.6 Å². The van der Waals surface area contributed by atoms with Crippen molar-refractivity contribution in [2.24, 2.45) is 5.41 Å². The minimum atomic E-state index is -0.123. The number of nitrogens with zero attached hydrogens (tertiary/aromatic N) is 5. The van der Waals surface area contributed by atoms with Gasteiger partial charge in [-0.3, -0.25) is 0 Å². The zero-order valence-electron chi connectivity index (χ0n) is 18.2. The highest BCUT2D eigenvalue weighted by Gasteiger charge is 2.39. The molecule has 0 aliphatic carbocycles. The van der Waals surface area contributed by atoms with Gasteiger partial charge in [-0.2, -0.15) is 0 Å². The summed E-state index contributed by atoms with van der Waals surface area (Å²) in [6, 6.07) is 2.41. The number of hydrogen-bond donors (Lipinski definition) is 1. The highest BCUT2D eigenvalue weighted by atomic mass is 32.2. The predicted molar refractivity (Wildman–Crippen MR) is 121 cm³/mol. The van der Waals surface area contributed by atoms with Gasteiger partial charge in [0.25, 0.3) is 0 Å². The van der Waals surface area contributed by atoms with Crippen LogP contribution in [0.2, 0.25) is 0 Å². The lowest BCUT2D eigenvalue weighted by molar-refractivity contribution is 0.133. The van der Waals surface area contributed by atoms with Gasteiger partial charge in [-0.25, -0.2) is 15.0 Å². The van der Waals surface area contributed by atoms with E-state index in [-0.39, 0.29) is 6.61 Å². The van der Waals surface area contributed by atoms with Crippen molar-refractivity contribution in [2.45, 2.75) is 54.7 Å². The molecule has 3 saturated heterocycles. The Balaban J connectivity index is 1.21. The summed E-state index contributed by atoms with van der Waals surface area (Å²) in [6.45, 7) is 5.25. The summed E-state index contributed by atoms with van der Waals surface area (Å²) in [7, 11) is 0. The van der Waals surface area contributed by atoms with Crippen molar-refractivity contribution in [3.8, 4) is 5.75 Å². The second-order valence-corrected chi connectivity index (χ2v) is 10.4. The van der Waals surface area contributed by atoms with Gasteiger partial charge in [0.1, 0.15) is 17.3 Å². The first-order valence-electron chi connectivity index (χ1n) is 11.6. The van der Waals surface area contributed by atoms with Crippen molar-refractivity contribution >= 4 is 23.4 Å². The van der Waals surface area contributed by atoms with Gasteiger partial charge < -0.3 is 24.4 Å². The third-order valence-corrected chi connectivity index (χ3v) is 8.34. The molecule has 1 N–H and O–H groups in total. The molecule has 0 saturated carbocycles. The number of aliphatic hydroxyl groups excluding tert-OH is 1. The fraction of sp³-hybridized carbons (Fsp3) is 0.609. The second kappa shape index (κ2) is 8.35. The summed E-state index contributed by atoms with van der Waals surface area (Å²) in [5.41, 5.74) is 0.977. The zero-order valence-corrected chi connectivity index (χ0v) is 19.0. The Labute approximate surface area is 192 Å². The lowest BCUT2D eigenvalue weighted by atomic mass is 9.78. The fourth-order valence-electron chi connectivity index (χ4n) is 5.48. The first kappa shape index (κ1) is 20.5. The van der Waals surface area contributed by atoms with Gasteiger partial charge in [0.2, 0.25) is 0 Å². The molecule has 9 heteroatoms. The molecule has 2 aromatic rings. The van der Waals surface area contributed by atoms with E-state index in [4.69, 9.17) is 19.4 Å². The Morgan fingerprint density at radius 2 is 2.06 bits per heavy atom. The van der Waals surface area contributed by atoms with Crippen LogP contribution in [0.1, 0.15) is 37.8 Å². The molecule has 170 valence electrons. The van der Waals surface area contributed by atoms with Gasteiger partial charge in [0, 0.05) is 32.4 Å². The minimum Gasteiger partial charge on any atom is -0.486 e. The van der Waals surface area contributed by atoms with Crippen LogP contribution in [0, 0.1) is 5.41 Å². The van der Waals surface area contributed by atoms with Crippen LogP contribution in [-0.4, -0.2) is 65.6 Å². The molecule has 32 heavy (non-hydrogen) atoms. The maximum Gasteiger partial charge on any atom is 0.175 e. The molecule has 0 bridgehead atoms. The summed E-state index contributed by atoms with van der Waals surface area (Å²) in [4.78, 5) is 19.7. The third kappa shape index (κ3) is 3.60. The molecule has 0 radical (unpaired) electrons. The van der Waals surface area contributed by atoms with Crippen LogP contribution in [0.3, 0.4) is 0 Å². The van der Waals surface area contributed by atoms with Crippen LogP contribution in [0.25, 0.3) is 0 Å². The van der Waals surface area contributed by atoms with Crippen molar-refractivity contribution in [1.29, 1.82) is 0 Å². The number of piperidine rings is 1. The van der Waals surface area contributed by atoms with Crippen LogP contribution in [0.15, 0.2) is 28.4 Å². The molecule has 0 amide bonds. The smallest absolute Gasteiger partial charge is 0.175 e. The molecule has 4 aliphatic rings. The first-order chi connectivity index (χ1) is 15.7. The summed E-state index contributed by atoms with van der Waals surface area (Å²) >= 11 is 1.53. The van der Waals surface area contributed by atoms with Gasteiger partial charge in [0.15, 0.2) is 17.4 Å². The average Bonchev–Trinajstić information content (AvgIpc) is 3.50. The second-order valence-electron chi connectivity index (χ2n) is 9.29. The van der Waals surface area contributed by atoms with Crippen molar-refractivity contribution in [3.63, 3.8) is 0 Å². The molecular weight excluding hydrogens is 426 g/mol. The standard InChI is InChI=1S/C23H29N5O3S/c29-13-17-21(27-9-4-23(5-10-27)6-11-30-15-23)25-12-19(26-17)32-18-3-7-24-22-20(18)31-14-16-2-1-8-28(16)22/h3,7,12,16,29H,1-2,4-6,8-11,13-15H2. The number of pyridine rings is 1. The molecule has 1 atom stereocenters. The number of fused-ring (bicyclic) bond motifs is 3. The molecule has 2 aromatic heterocycles. The molecule has 3 fully saturated rings. The molecular formula is C23H29N5O3S. The first-order valence-corrected chi connectivity index (χ1v) is 12.4. The average molecular weight is 456 g/mol.